The number of hydrogen-bond donors (Lipinski definition) is 0. The van der Waals surface area contributed by atoms with Crippen LogP contribution in [0.15, 0.2) is 83.1 Å². The molecule has 0 aromatic rings. The molecule has 0 aromatic carbocycles. The van der Waals surface area contributed by atoms with E-state index in [9.17, 15) is 0 Å². The first kappa shape index (κ1) is 8.35. The highest BCUT2D eigenvalue weighted by Gasteiger charge is 2.36. The fraction of sp³-hybridized carbons (Fsp3) is 0.125. The normalized spacial score (nSPS) is 32.5. The van der Waals surface area contributed by atoms with Crippen LogP contribution in [0.2, 0.25) is 0 Å². The molecule has 0 unspecified atom stereocenters. The van der Waals surface area contributed by atoms with Gasteiger partial charge in [0.25, 0.3) is 0 Å². The molecule has 16 heavy (non-hydrogen) atoms. The Morgan fingerprint density at radius 2 is 0.938 bits per heavy atom. The van der Waals surface area contributed by atoms with Crippen LogP contribution < -0.4 is 0 Å². The van der Waals surface area contributed by atoms with Gasteiger partial charge in [0.05, 0.1) is 0 Å². The molecule has 0 heteroatoms. The third-order valence-electron chi connectivity index (χ3n) is 3.86. The lowest BCUT2D eigenvalue weighted by Gasteiger charge is -2.23. The summed E-state index contributed by atoms with van der Waals surface area (Å²) in [4.78, 5) is 0. The van der Waals surface area contributed by atoms with E-state index < -0.39 is 0 Å². The summed E-state index contributed by atoms with van der Waals surface area (Å²) in [6.45, 7) is 0. The van der Waals surface area contributed by atoms with Crippen LogP contribution in [0.1, 0.15) is 0 Å². The lowest BCUT2D eigenvalue weighted by atomic mass is 9.79. The van der Waals surface area contributed by atoms with E-state index in [4.69, 9.17) is 0 Å². The Labute approximate surface area is 95.4 Å². The maximum absolute atomic E-state index is 2.26. The van der Waals surface area contributed by atoms with Gasteiger partial charge in [-0.05, 0) is 22.3 Å². The number of allylic oxidation sites excluding steroid dienone is 14. The second-order valence-corrected chi connectivity index (χ2v) is 4.67. The first-order valence-electron chi connectivity index (χ1n) is 5.80. The van der Waals surface area contributed by atoms with E-state index in [-0.39, 0.29) is 0 Å². The van der Waals surface area contributed by atoms with Gasteiger partial charge >= 0.3 is 0 Å². The van der Waals surface area contributed by atoms with Crippen molar-refractivity contribution in [3.05, 3.63) is 83.1 Å². The number of rotatable bonds is 0. The van der Waals surface area contributed by atoms with Gasteiger partial charge in [0.15, 0.2) is 0 Å². The average molecular weight is 204 g/mol. The third kappa shape index (κ3) is 0.943. The fourth-order valence-corrected chi connectivity index (χ4v) is 3.13. The molecule has 0 amide bonds. The zero-order chi connectivity index (χ0) is 10.5. The van der Waals surface area contributed by atoms with E-state index in [1.807, 2.05) is 0 Å². The molecule has 4 aliphatic carbocycles. The summed E-state index contributed by atoms with van der Waals surface area (Å²) in [6, 6.07) is 0. The van der Waals surface area contributed by atoms with E-state index in [0.717, 1.165) is 0 Å². The second-order valence-electron chi connectivity index (χ2n) is 4.67. The summed E-state index contributed by atoms with van der Waals surface area (Å²) in [6.07, 6.45) is 22.4. The molecule has 0 saturated carbocycles. The standard InChI is InChI=1S/C16H12/c1-3-11-7-9-13-5-2-6-14-10-8-12(4-1)16(14)15(11)13/h1-10,15-16H. The van der Waals surface area contributed by atoms with Crippen LogP contribution >= 0.6 is 0 Å². The summed E-state index contributed by atoms with van der Waals surface area (Å²) < 4.78 is 0. The van der Waals surface area contributed by atoms with Crippen LogP contribution in [-0.2, 0) is 0 Å². The van der Waals surface area contributed by atoms with Gasteiger partial charge in [-0.1, -0.05) is 60.8 Å². The van der Waals surface area contributed by atoms with Crippen molar-refractivity contribution in [1.82, 2.24) is 0 Å². The van der Waals surface area contributed by atoms with Gasteiger partial charge < -0.3 is 0 Å². The van der Waals surface area contributed by atoms with Crippen LogP contribution in [0.25, 0.3) is 0 Å². The zero-order valence-electron chi connectivity index (χ0n) is 8.93. The topological polar surface area (TPSA) is 0 Å². The predicted octanol–water partition coefficient (Wildman–Crippen LogP) is 3.65. The number of hydrogen-bond acceptors (Lipinski definition) is 0. The first-order chi connectivity index (χ1) is 7.93. The van der Waals surface area contributed by atoms with E-state index in [0.29, 0.717) is 11.8 Å². The van der Waals surface area contributed by atoms with Crippen molar-refractivity contribution in [2.45, 2.75) is 0 Å². The molecule has 0 saturated heterocycles. The highest BCUT2D eigenvalue weighted by molar-refractivity contribution is 5.59. The van der Waals surface area contributed by atoms with Crippen LogP contribution in [0, 0.1) is 11.8 Å². The van der Waals surface area contributed by atoms with Gasteiger partial charge in [-0.15, -0.1) is 0 Å². The molecule has 0 N–H and O–H groups in total. The van der Waals surface area contributed by atoms with Crippen molar-refractivity contribution in [2.75, 3.05) is 0 Å². The molecule has 4 aliphatic rings. The second kappa shape index (κ2) is 2.85. The minimum absolute atomic E-state index is 0.546. The summed E-state index contributed by atoms with van der Waals surface area (Å²) in [7, 11) is 0. The Morgan fingerprint density at radius 3 is 1.44 bits per heavy atom. The zero-order valence-corrected chi connectivity index (χ0v) is 8.93. The SMILES string of the molecule is C1=CC2=CC=C3C=CC=C4C=CC(=C1)C4C23. The molecular formula is C16H12. The van der Waals surface area contributed by atoms with Crippen molar-refractivity contribution in [3.8, 4) is 0 Å². The van der Waals surface area contributed by atoms with Gasteiger partial charge in [0, 0.05) is 11.8 Å². The Bertz CT molecular complexity index is 521. The van der Waals surface area contributed by atoms with Crippen LogP contribution in [0.3, 0.4) is 0 Å². The third-order valence-corrected chi connectivity index (χ3v) is 3.86. The van der Waals surface area contributed by atoms with Crippen LogP contribution in [0.5, 0.6) is 0 Å². The summed E-state index contributed by atoms with van der Waals surface area (Å²) in [5, 5.41) is 0. The Hall–Kier alpha value is -1.82. The lowest BCUT2D eigenvalue weighted by molar-refractivity contribution is 0.614. The molecule has 0 nitrogen and oxygen atoms in total. The van der Waals surface area contributed by atoms with E-state index in [1.165, 1.54) is 22.3 Å². The summed E-state index contributed by atoms with van der Waals surface area (Å²) in [5.41, 5.74) is 5.81. The minimum Gasteiger partial charge on any atom is -0.0617 e. The van der Waals surface area contributed by atoms with Crippen molar-refractivity contribution >= 4 is 0 Å². The molecule has 0 radical (unpaired) electrons. The molecule has 0 bridgehead atoms. The quantitative estimate of drug-likeness (QED) is 0.565. The van der Waals surface area contributed by atoms with Crippen molar-refractivity contribution < 1.29 is 0 Å². The van der Waals surface area contributed by atoms with E-state index in [2.05, 4.69) is 60.8 Å². The molecule has 0 heterocycles. The predicted molar refractivity (Wildman–Crippen MR) is 66.7 cm³/mol. The van der Waals surface area contributed by atoms with E-state index >= 15 is 0 Å². The molecule has 0 spiro atoms. The molecule has 0 fully saturated rings. The largest absolute Gasteiger partial charge is 0.0617 e. The average Bonchev–Trinajstić information content (AvgIpc) is 2.76. The monoisotopic (exact) mass is 204 g/mol. The molecule has 76 valence electrons. The summed E-state index contributed by atoms with van der Waals surface area (Å²) in [5.74, 6) is 1.09. The van der Waals surface area contributed by atoms with E-state index in [1.54, 1.807) is 0 Å². The van der Waals surface area contributed by atoms with Crippen molar-refractivity contribution in [2.24, 2.45) is 11.8 Å². The Morgan fingerprint density at radius 1 is 0.500 bits per heavy atom. The Balaban J connectivity index is 1.98. The molecule has 0 aliphatic heterocycles. The van der Waals surface area contributed by atoms with Gasteiger partial charge in [-0.2, -0.15) is 0 Å². The molecule has 0 atom stereocenters. The van der Waals surface area contributed by atoms with Gasteiger partial charge in [-0.25, -0.2) is 0 Å². The van der Waals surface area contributed by atoms with Crippen LogP contribution in [0.4, 0.5) is 0 Å². The highest BCUT2D eigenvalue weighted by Crippen LogP contribution is 2.47. The van der Waals surface area contributed by atoms with Crippen LogP contribution in [-0.4, -0.2) is 0 Å². The molecule has 0 aromatic heterocycles. The molecule has 4 rings (SSSR count). The van der Waals surface area contributed by atoms with Crippen molar-refractivity contribution in [1.29, 1.82) is 0 Å². The van der Waals surface area contributed by atoms with Crippen molar-refractivity contribution in [3.63, 3.8) is 0 Å². The highest BCUT2D eigenvalue weighted by atomic mass is 14.4. The van der Waals surface area contributed by atoms with Gasteiger partial charge in [-0.3, -0.25) is 0 Å². The minimum atomic E-state index is 0.546. The smallest absolute Gasteiger partial charge is 0.0199 e. The first-order valence-corrected chi connectivity index (χ1v) is 5.80. The van der Waals surface area contributed by atoms with Gasteiger partial charge in [0.2, 0.25) is 0 Å². The summed E-state index contributed by atoms with van der Waals surface area (Å²) >= 11 is 0. The Kier molecular flexibility index (Phi) is 1.49. The lowest BCUT2D eigenvalue weighted by Crippen LogP contribution is -2.15. The maximum Gasteiger partial charge on any atom is 0.0199 e. The maximum atomic E-state index is 2.26. The van der Waals surface area contributed by atoms with Gasteiger partial charge in [0.1, 0.15) is 0 Å². The molecular weight excluding hydrogens is 192 g/mol. The fourth-order valence-electron chi connectivity index (χ4n) is 3.13.